The number of pyridine rings is 1. The van der Waals surface area contributed by atoms with Gasteiger partial charge in [-0.05, 0) is 12.1 Å². The second-order valence-electron chi connectivity index (χ2n) is 2.56. The fourth-order valence-electron chi connectivity index (χ4n) is 1.22. The molecule has 0 N–H and O–H groups in total. The third-order valence-corrected chi connectivity index (χ3v) is 1.82. The summed E-state index contributed by atoms with van der Waals surface area (Å²) in [6.07, 6.45) is 3.36. The van der Waals surface area contributed by atoms with Gasteiger partial charge in [-0.2, -0.15) is 0 Å². The molecule has 0 aliphatic rings. The summed E-state index contributed by atoms with van der Waals surface area (Å²) < 4.78 is 6.31. The van der Waals surface area contributed by atoms with Crippen molar-refractivity contribution in [1.29, 1.82) is 0 Å². The van der Waals surface area contributed by atoms with Gasteiger partial charge in [0.1, 0.15) is 11.3 Å². The van der Waals surface area contributed by atoms with Gasteiger partial charge in [0.15, 0.2) is 0 Å². The van der Waals surface area contributed by atoms with E-state index < -0.39 is 0 Å². The van der Waals surface area contributed by atoms with Crippen LogP contribution in [0.5, 0.6) is 0 Å². The quantitative estimate of drug-likeness (QED) is 0.611. The first-order valence-electron chi connectivity index (χ1n) is 3.83. The standard InChI is InChI=1S/C9H8N2O2/c1-13-9(12)7-3-2-4-8-10-5-6-11(7)8/h2-6H,1H3. The minimum absolute atomic E-state index is 0.358. The maximum absolute atomic E-state index is 11.3. The fourth-order valence-corrected chi connectivity index (χ4v) is 1.22. The van der Waals surface area contributed by atoms with Gasteiger partial charge in [-0.15, -0.1) is 0 Å². The van der Waals surface area contributed by atoms with Crippen LogP contribution in [0.4, 0.5) is 0 Å². The predicted octanol–water partition coefficient (Wildman–Crippen LogP) is 1.12. The van der Waals surface area contributed by atoms with Gasteiger partial charge in [0.25, 0.3) is 0 Å². The Morgan fingerprint density at radius 2 is 2.38 bits per heavy atom. The molecule has 0 aliphatic carbocycles. The molecule has 66 valence electrons. The van der Waals surface area contributed by atoms with Gasteiger partial charge >= 0.3 is 5.97 Å². The molecular weight excluding hydrogens is 168 g/mol. The summed E-state index contributed by atoms with van der Waals surface area (Å²) >= 11 is 0. The number of fused-ring (bicyclic) bond motifs is 1. The van der Waals surface area contributed by atoms with Crippen LogP contribution in [0.25, 0.3) is 5.65 Å². The average Bonchev–Trinajstić information content (AvgIpc) is 2.63. The zero-order chi connectivity index (χ0) is 9.26. The molecule has 0 aliphatic heterocycles. The lowest BCUT2D eigenvalue weighted by molar-refractivity contribution is 0.0592. The SMILES string of the molecule is COC(=O)c1cccc2nccn12. The van der Waals surface area contributed by atoms with Crippen molar-refractivity contribution in [3.8, 4) is 0 Å². The first-order chi connectivity index (χ1) is 6.33. The van der Waals surface area contributed by atoms with Crippen molar-refractivity contribution in [3.05, 3.63) is 36.3 Å². The molecule has 0 saturated heterocycles. The Hall–Kier alpha value is -1.84. The van der Waals surface area contributed by atoms with Crippen molar-refractivity contribution in [2.45, 2.75) is 0 Å². The molecule has 0 spiro atoms. The van der Waals surface area contributed by atoms with Gasteiger partial charge in [0.05, 0.1) is 7.11 Å². The Bertz CT molecular complexity index is 448. The van der Waals surface area contributed by atoms with E-state index in [9.17, 15) is 4.79 Å². The zero-order valence-corrected chi connectivity index (χ0v) is 7.10. The van der Waals surface area contributed by atoms with Crippen LogP contribution in [0.2, 0.25) is 0 Å². The Balaban J connectivity index is 2.67. The number of rotatable bonds is 1. The van der Waals surface area contributed by atoms with Crippen LogP contribution in [-0.2, 0) is 4.74 Å². The molecule has 4 nitrogen and oxygen atoms in total. The summed E-state index contributed by atoms with van der Waals surface area (Å²) in [5, 5.41) is 0. The summed E-state index contributed by atoms with van der Waals surface area (Å²) in [6, 6.07) is 5.29. The van der Waals surface area contributed by atoms with Crippen molar-refractivity contribution in [3.63, 3.8) is 0 Å². The molecule has 13 heavy (non-hydrogen) atoms. The molecule has 4 heteroatoms. The van der Waals surface area contributed by atoms with E-state index in [1.54, 1.807) is 28.9 Å². The molecule has 2 heterocycles. The first-order valence-corrected chi connectivity index (χ1v) is 3.83. The lowest BCUT2D eigenvalue weighted by atomic mass is 10.3. The highest BCUT2D eigenvalue weighted by atomic mass is 16.5. The van der Waals surface area contributed by atoms with E-state index in [4.69, 9.17) is 0 Å². The Kier molecular flexibility index (Phi) is 1.73. The maximum atomic E-state index is 11.3. The second-order valence-corrected chi connectivity index (χ2v) is 2.56. The molecule has 0 radical (unpaired) electrons. The zero-order valence-electron chi connectivity index (χ0n) is 7.10. The third kappa shape index (κ3) is 1.16. The minimum Gasteiger partial charge on any atom is -0.464 e. The van der Waals surface area contributed by atoms with Crippen LogP contribution >= 0.6 is 0 Å². The van der Waals surface area contributed by atoms with Crippen LogP contribution in [0.1, 0.15) is 10.5 Å². The van der Waals surface area contributed by atoms with E-state index in [0.29, 0.717) is 5.69 Å². The number of hydrogen-bond donors (Lipinski definition) is 0. The highest BCUT2D eigenvalue weighted by Gasteiger charge is 2.08. The molecule has 2 rings (SSSR count). The third-order valence-electron chi connectivity index (χ3n) is 1.82. The summed E-state index contributed by atoms with van der Waals surface area (Å²) in [6.45, 7) is 0. The van der Waals surface area contributed by atoms with Crippen LogP contribution in [0.15, 0.2) is 30.6 Å². The topological polar surface area (TPSA) is 43.6 Å². The summed E-state index contributed by atoms with van der Waals surface area (Å²) in [5.74, 6) is -0.358. The number of aromatic nitrogens is 2. The maximum Gasteiger partial charge on any atom is 0.355 e. The highest BCUT2D eigenvalue weighted by Crippen LogP contribution is 2.06. The van der Waals surface area contributed by atoms with Crippen LogP contribution in [-0.4, -0.2) is 22.5 Å². The van der Waals surface area contributed by atoms with Crippen molar-refractivity contribution < 1.29 is 9.53 Å². The van der Waals surface area contributed by atoms with Gasteiger partial charge in [-0.3, -0.25) is 4.40 Å². The summed E-state index contributed by atoms with van der Waals surface area (Å²) in [5.41, 5.74) is 1.22. The smallest absolute Gasteiger partial charge is 0.355 e. The van der Waals surface area contributed by atoms with E-state index in [2.05, 4.69) is 9.72 Å². The molecule has 2 aromatic rings. The summed E-state index contributed by atoms with van der Waals surface area (Å²) in [4.78, 5) is 15.3. The molecular formula is C9H8N2O2. The number of methoxy groups -OCH3 is 1. The van der Waals surface area contributed by atoms with Gasteiger partial charge in [-0.25, -0.2) is 9.78 Å². The van der Waals surface area contributed by atoms with Gasteiger partial charge in [0.2, 0.25) is 0 Å². The Labute approximate surface area is 74.8 Å². The lowest BCUT2D eigenvalue weighted by Crippen LogP contribution is -2.06. The van der Waals surface area contributed by atoms with Crippen molar-refractivity contribution in [2.24, 2.45) is 0 Å². The molecule has 0 aromatic carbocycles. The fraction of sp³-hybridized carbons (Fsp3) is 0.111. The number of hydrogen-bond acceptors (Lipinski definition) is 3. The van der Waals surface area contributed by atoms with E-state index in [-0.39, 0.29) is 5.97 Å². The van der Waals surface area contributed by atoms with E-state index in [1.165, 1.54) is 7.11 Å². The Morgan fingerprint density at radius 3 is 3.15 bits per heavy atom. The molecule has 0 fully saturated rings. The van der Waals surface area contributed by atoms with Crippen molar-refractivity contribution in [2.75, 3.05) is 7.11 Å². The minimum atomic E-state index is -0.358. The normalized spacial score (nSPS) is 10.2. The highest BCUT2D eigenvalue weighted by molar-refractivity contribution is 5.88. The summed E-state index contributed by atoms with van der Waals surface area (Å²) in [7, 11) is 1.36. The first kappa shape index (κ1) is 7.79. The molecule has 0 unspecified atom stereocenters. The molecule has 0 saturated carbocycles. The van der Waals surface area contributed by atoms with Gasteiger partial charge in [0, 0.05) is 12.4 Å². The van der Waals surface area contributed by atoms with Crippen LogP contribution < -0.4 is 0 Å². The number of carbonyl (C=O) groups excluding carboxylic acids is 1. The van der Waals surface area contributed by atoms with E-state index in [0.717, 1.165) is 5.65 Å². The van der Waals surface area contributed by atoms with E-state index >= 15 is 0 Å². The Morgan fingerprint density at radius 1 is 1.54 bits per heavy atom. The number of esters is 1. The monoisotopic (exact) mass is 176 g/mol. The number of nitrogens with zero attached hydrogens (tertiary/aromatic N) is 2. The predicted molar refractivity (Wildman–Crippen MR) is 46.5 cm³/mol. The molecule has 0 bridgehead atoms. The van der Waals surface area contributed by atoms with Crippen molar-refractivity contribution >= 4 is 11.6 Å². The van der Waals surface area contributed by atoms with Crippen LogP contribution in [0, 0.1) is 0 Å². The van der Waals surface area contributed by atoms with E-state index in [1.807, 2.05) is 6.07 Å². The number of carbonyl (C=O) groups is 1. The van der Waals surface area contributed by atoms with Gasteiger partial charge < -0.3 is 4.74 Å². The molecule has 0 amide bonds. The van der Waals surface area contributed by atoms with Crippen LogP contribution in [0.3, 0.4) is 0 Å². The molecule has 2 aromatic heterocycles. The number of imidazole rings is 1. The largest absolute Gasteiger partial charge is 0.464 e. The van der Waals surface area contributed by atoms with Gasteiger partial charge in [-0.1, -0.05) is 6.07 Å². The molecule has 0 atom stereocenters. The van der Waals surface area contributed by atoms with Crippen molar-refractivity contribution in [1.82, 2.24) is 9.38 Å². The second kappa shape index (κ2) is 2.90. The lowest BCUT2D eigenvalue weighted by Gasteiger charge is -2.01. The average molecular weight is 176 g/mol. The number of ether oxygens (including phenoxy) is 1.